The maximum Gasteiger partial charge on any atom is 0.238 e. The summed E-state index contributed by atoms with van der Waals surface area (Å²) in [6.07, 6.45) is 3.63. The number of Topliss-reactive ketones (excluding diaryl/α,β-unsaturated/α-hetero) is 2. The Labute approximate surface area is 242 Å². The van der Waals surface area contributed by atoms with E-state index in [0.717, 1.165) is 5.57 Å². The second kappa shape index (κ2) is 9.94. The Morgan fingerprint density at radius 3 is 2.19 bits per heavy atom. The first-order valence-electron chi connectivity index (χ1n) is 13.7. The summed E-state index contributed by atoms with van der Waals surface area (Å²) in [5.74, 6) is -3.75. The number of phenols is 1. The normalized spacial score (nSPS) is 25.0. The topological polar surface area (TPSA) is 127 Å². The van der Waals surface area contributed by atoms with Crippen molar-refractivity contribution < 1.29 is 38.6 Å². The van der Waals surface area contributed by atoms with E-state index in [1.807, 2.05) is 6.08 Å². The molecule has 0 radical (unpaired) electrons. The highest BCUT2D eigenvalue weighted by Crippen LogP contribution is 2.58. The third-order valence-corrected chi connectivity index (χ3v) is 8.91. The molecule has 1 N–H and O–H groups in total. The van der Waals surface area contributed by atoms with E-state index < -0.39 is 23.7 Å². The summed E-state index contributed by atoms with van der Waals surface area (Å²) in [6, 6.07) is 9.19. The van der Waals surface area contributed by atoms with E-state index in [2.05, 4.69) is 0 Å². The Balaban J connectivity index is 1.51. The van der Waals surface area contributed by atoms with Crippen molar-refractivity contribution in [2.24, 2.45) is 17.8 Å². The van der Waals surface area contributed by atoms with Crippen molar-refractivity contribution in [2.75, 3.05) is 19.1 Å². The molecule has 1 heterocycles. The Morgan fingerprint density at radius 2 is 1.60 bits per heavy atom. The van der Waals surface area contributed by atoms with Gasteiger partial charge in [-0.25, -0.2) is 0 Å². The van der Waals surface area contributed by atoms with E-state index in [4.69, 9.17) is 9.47 Å². The Kier molecular flexibility index (Phi) is 6.48. The monoisotopic (exact) mass is 567 g/mol. The van der Waals surface area contributed by atoms with Crippen LogP contribution in [0.5, 0.6) is 17.2 Å². The largest absolute Gasteiger partial charge is 0.508 e. The molecule has 4 atom stereocenters. The van der Waals surface area contributed by atoms with Gasteiger partial charge in [0.25, 0.3) is 0 Å². The average Bonchev–Trinajstić information content (AvgIpc) is 3.23. The molecule has 1 aliphatic heterocycles. The van der Waals surface area contributed by atoms with Crippen LogP contribution in [0.2, 0.25) is 0 Å². The van der Waals surface area contributed by atoms with Crippen LogP contribution in [0.25, 0.3) is 0 Å². The summed E-state index contributed by atoms with van der Waals surface area (Å²) in [4.78, 5) is 67.8. The number of hydrogen-bond donors (Lipinski definition) is 1. The number of rotatable bonds is 5. The minimum atomic E-state index is -0.794. The standard InChI is InChI=1S/C33H29NO8/c1-15-11-24(37)23-14-22-20(28(29(23)31(15)38)30-25(41-3)12-19(36)13-26(30)42-4)9-10-21-27(22)33(40)34(32(21)39)18-7-5-17(6-8-18)16(2)35/h5-9,11-13,21-22,27-28,36H,10,14H2,1-4H3/t21-,22+,27-,28-/m0/s1. The van der Waals surface area contributed by atoms with E-state index in [-0.39, 0.29) is 59.3 Å². The third-order valence-electron chi connectivity index (χ3n) is 8.91. The Hall–Kier alpha value is -4.79. The van der Waals surface area contributed by atoms with Gasteiger partial charge in [0.05, 0.1) is 31.7 Å². The fourth-order valence-corrected chi connectivity index (χ4v) is 7.00. The molecule has 0 unspecified atom stereocenters. The molecule has 1 fully saturated rings. The maximum atomic E-state index is 14.1. The summed E-state index contributed by atoms with van der Waals surface area (Å²) in [5.41, 5.74) is 2.96. The van der Waals surface area contributed by atoms with Crippen molar-refractivity contribution in [1.29, 1.82) is 0 Å². The zero-order chi connectivity index (χ0) is 30.0. The van der Waals surface area contributed by atoms with Crippen LogP contribution in [0.1, 0.15) is 48.5 Å². The molecule has 42 heavy (non-hydrogen) atoms. The van der Waals surface area contributed by atoms with Crippen molar-refractivity contribution >= 4 is 34.9 Å². The number of carbonyl (C=O) groups is 5. The van der Waals surface area contributed by atoms with Gasteiger partial charge in [-0.3, -0.25) is 28.9 Å². The Morgan fingerprint density at radius 1 is 0.952 bits per heavy atom. The van der Waals surface area contributed by atoms with Gasteiger partial charge in [-0.2, -0.15) is 0 Å². The molecular weight excluding hydrogens is 538 g/mol. The molecule has 9 nitrogen and oxygen atoms in total. The van der Waals surface area contributed by atoms with E-state index in [9.17, 15) is 29.1 Å². The highest BCUT2D eigenvalue weighted by Gasteiger charge is 2.57. The highest BCUT2D eigenvalue weighted by atomic mass is 16.5. The van der Waals surface area contributed by atoms with Gasteiger partial charge >= 0.3 is 0 Å². The van der Waals surface area contributed by atoms with Gasteiger partial charge in [-0.15, -0.1) is 0 Å². The van der Waals surface area contributed by atoms with Crippen LogP contribution in [0.15, 0.2) is 70.8 Å². The van der Waals surface area contributed by atoms with Crippen molar-refractivity contribution in [3.05, 3.63) is 82.0 Å². The summed E-state index contributed by atoms with van der Waals surface area (Å²) in [6.45, 7) is 3.04. The highest BCUT2D eigenvalue weighted by molar-refractivity contribution is 6.25. The van der Waals surface area contributed by atoms with Crippen molar-refractivity contribution in [1.82, 2.24) is 0 Å². The van der Waals surface area contributed by atoms with Gasteiger partial charge in [0.1, 0.15) is 17.2 Å². The minimum Gasteiger partial charge on any atom is -0.508 e. The fraction of sp³-hybridized carbons (Fsp3) is 0.303. The van der Waals surface area contributed by atoms with Gasteiger partial charge in [0, 0.05) is 45.9 Å². The van der Waals surface area contributed by atoms with E-state index in [1.165, 1.54) is 44.3 Å². The summed E-state index contributed by atoms with van der Waals surface area (Å²) >= 11 is 0. The Bertz CT molecular complexity index is 1670. The number of anilines is 1. The van der Waals surface area contributed by atoms with Crippen LogP contribution >= 0.6 is 0 Å². The lowest BCUT2D eigenvalue weighted by atomic mass is 9.59. The maximum absolute atomic E-state index is 14.1. The first kappa shape index (κ1) is 27.4. The molecule has 0 bridgehead atoms. The smallest absolute Gasteiger partial charge is 0.238 e. The summed E-state index contributed by atoms with van der Waals surface area (Å²) in [5, 5.41) is 10.3. The number of amides is 2. The lowest BCUT2D eigenvalue weighted by Gasteiger charge is -2.42. The molecule has 2 aromatic carbocycles. The average molecular weight is 568 g/mol. The molecule has 6 rings (SSSR count). The SMILES string of the molecule is COc1cc(O)cc(OC)c1[C@H]1C2=CC[C@@H]3C(=O)N(c4ccc(C(C)=O)cc4)C(=O)[C@@H]3[C@@H]2CC2=C1C(=O)C(C)=CC2=O. The number of imide groups is 1. The number of ether oxygens (including phenoxy) is 2. The number of benzene rings is 2. The number of phenolic OH excluding ortho intramolecular Hbond substituents is 1. The second-order valence-corrected chi connectivity index (χ2v) is 11.1. The minimum absolute atomic E-state index is 0.100. The van der Waals surface area contributed by atoms with Crippen LogP contribution in [-0.4, -0.2) is 48.5 Å². The summed E-state index contributed by atoms with van der Waals surface area (Å²) < 4.78 is 11.3. The van der Waals surface area contributed by atoms with Crippen LogP contribution < -0.4 is 14.4 Å². The number of carbonyl (C=O) groups excluding carboxylic acids is 5. The van der Waals surface area contributed by atoms with Crippen LogP contribution in [0, 0.1) is 17.8 Å². The quantitative estimate of drug-likeness (QED) is 0.246. The second-order valence-electron chi connectivity index (χ2n) is 11.1. The van der Waals surface area contributed by atoms with Crippen molar-refractivity contribution in [3.63, 3.8) is 0 Å². The lowest BCUT2D eigenvalue weighted by Crippen LogP contribution is -2.40. The molecule has 2 amide bonds. The molecule has 4 aliphatic rings. The molecule has 9 heteroatoms. The number of allylic oxidation sites excluding steroid dienone is 6. The number of aromatic hydroxyl groups is 1. The molecule has 3 aliphatic carbocycles. The van der Waals surface area contributed by atoms with Crippen LogP contribution in [-0.2, 0) is 19.2 Å². The zero-order valence-electron chi connectivity index (χ0n) is 23.6. The number of nitrogens with zero attached hydrogens (tertiary/aromatic N) is 1. The number of ketones is 3. The third kappa shape index (κ3) is 3.94. The molecule has 0 spiro atoms. The molecule has 0 aromatic heterocycles. The zero-order valence-corrected chi connectivity index (χ0v) is 23.6. The number of fused-ring (bicyclic) bond motifs is 3. The van der Waals surface area contributed by atoms with E-state index in [1.54, 1.807) is 31.2 Å². The molecule has 0 saturated carbocycles. The molecular formula is C33H29NO8. The van der Waals surface area contributed by atoms with Crippen molar-refractivity contribution in [3.8, 4) is 17.2 Å². The molecule has 2 aromatic rings. The van der Waals surface area contributed by atoms with E-state index >= 15 is 0 Å². The first-order valence-corrected chi connectivity index (χ1v) is 13.7. The summed E-state index contributed by atoms with van der Waals surface area (Å²) in [7, 11) is 2.87. The van der Waals surface area contributed by atoms with Gasteiger partial charge in [0.15, 0.2) is 17.3 Å². The predicted molar refractivity (Wildman–Crippen MR) is 151 cm³/mol. The van der Waals surface area contributed by atoms with Gasteiger partial charge in [0.2, 0.25) is 11.8 Å². The predicted octanol–water partition coefficient (Wildman–Crippen LogP) is 4.25. The van der Waals surface area contributed by atoms with Crippen LogP contribution in [0.3, 0.4) is 0 Å². The van der Waals surface area contributed by atoms with Gasteiger partial charge in [-0.1, -0.05) is 11.6 Å². The fourth-order valence-electron chi connectivity index (χ4n) is 7.00. The lowest BCUT2D eigenvalue weighted by molar-refractivity contribution is -0.123. The van der Waals surface area contributed by atoms with Crippen molar-refractivity contribution in [2.45, 2.75) is 32.6 Å². The molecule has 214 valence electrons. The van der Waals surface area contributed by atoms with Gasteiger partial charge in [-0.05, 0) is 62.9 Å². The van der Waals surface area contributed by atoms with Gasteiger partial charge < -0.3 is 14.6 Å². The first-order chi connectivity index (χ1) is 20.1. The number of methoxy groups -OCH3 is 2. The number of hydrogen-bond acceptors (Lipinski definition) is 8. The van der Waals surface area contributed by atoms with E-state index in [0.29, 0.717) is 33.5 Å². The molecule has 1 saturated heterocycles. The van der Waals surface area contributed by atoms with Crippen LogP contribution in [0.4, 0.5) is 5.69 Å².